The van der Waals surface area contributed by atoms with Crippen LogP contribution in [0.1, 0.15) is 23.3 Å². The highest BCUT2D eigenvalue weighted by atomic mass is 19.1. The van der Waals surface area contributed by atoms with Crippen molar-refractivity contribution in [3.05, 3.63) is 54.1 Å². The summed E-state index contributed by atoms with van der Waals surface area (Å²) in [7, 11) is 0. The van der Waals surface area contributed by atoms with Crippen LogP contribution in [0.5, 0.6) is 5.75 Å². The number of likely N-dealkylation sites (tertiary alicyclic amines) is 1. The third-order valence-corrected chi connectivity index (χ3v) is 4.98. The summed E-state index contributed by atoms with van der Waals surface area (Å²) in [5, 5.41) is 7.66. The van der Waals surface area contributed by atoms with Crippen LogP contribution in [-0.4, -0.2) is 40.2 Å². The summed E-state index contributed by atoms with van der Waals surface area (Å²) >= 11 is 0. The molecular formula is C18H18FN3O2. The standard InChI is InChI=1S/C18H18FN3O2/c19-14-4-1-2-6-17(14)24-16-8-7-12-10-22(11-13(12)16)18(23)15-5-3-9-20-21-15/h1-6,9,12-13,16H,7-8,10-11H2/t12-,13+,16-/m0/s1. The molecule has 1 aliphatic carbocycles. The Labute approximate surface area is 139 Å². The van der Waals surface area contributed by atoms with E-state index < -0.39 is 0 Å². The molecule has 2 aromatic rings. The zero-order chi connectivity index (χ0) is 16.5. The van der Waals surface area contributed by atoms with Crippen molar-refractivity contribution in [2.75, 3.05) is 13.1 Å². The minimum atomic E-state index is -0.341. The van der Waals surface area contributed by atoms with Crippen LogP contribution in [0.15, 0.2) is 42.6 Å². The zero-order valence-corrected chi connectivity index (χ0v) is 13.1. The van der Waals surface area contributed by atoms with Gasteiger partial charge in [-0.1, -0.05) is 12.1 Å². The van der Waals surface area contributed by atoms with Crippen LogP contribution in [0.2, 0.25) is 0 Å². The predicted molar refractivity (Wildman–Crippen MR) is 85.0 cm³/mol. The molecule has 24 heavy (non-hydrogen) atoms. The van der Waals surface area contributed by atoms with Gasteiger partial charge in [-0.05, 0) is 43.0 Å². The van der Waals surface area contributed by atoms with Crippen molar-refractivity contribution in [3.8, 4) is 5.75 Å². The number of carbonyl (C=O) groups is 1. The summed E-state index contributed by atoms with van der Waals surface area (Å²) < 4.78 is 19.7. The molecular weight excluding hydrogens is 309 g/mol. The van der Waals surface area contributed by atoms with Crippen LogP contribution in [0, 0.1) is 17.7 Å². The topological polar surface area (TPSA) is 55.3 Å². The second-order valence-corrected chi connectivity index (χ2v) is 6.41. The normalized spacial score (nSPS) is 25.5. The number of nitrogens with zero attached hydrogens (tertiary/aromatic N) is 3. The number of fused-ring (bicyclic) bond motifs is 1. The monoisotopic (exact) mass is 327 g/mol. The van der Waals surface area contributed by atoms with E-state index in [1.807, 2.05) is 4.90 Å². The molecule has 124 valence electrons. The lowest BCUT2D eigenvalue weighted by Gasteiger charge is -2.22. The summed E-state index contributed by atoms with van der Waals surface area (Å²) in [6.45, 7) is 1.33. The molecule has 0 spiro atoms. The molecule has 0 unspecified atom stereocenters. The summed E-state index contributed by atoms with van der Waals surface area (Å²) in [6, 6.07) is 9.86. The van der Waals surface area contributed by atoms with Crippen LogP contribution < -0.4 is 4.74 Å². The van der Waals surface area contributed by atoms with Gasteiger partial charge in [-0.3, -0.25) is 4.79 Å². The Morgan fingerprint density at radius 2 is 2.04 bits per heavy atom. The molecule has 1 aromatic heterocycles. The zero-order valence-electron chi connectivity index (χ0n) is 13.1. The Hall–Kier alpha value is -2.50. The second kappa shape index (κ2) is 6.19. The molecule has 1 amide bonds. The van der Waals surface area contributed by atoms with Gasteiger partial charge in [0.05, 0.1) is 0 Å². The van der Waals surface area contributed by atoms with E-state index in [0.29, 0.717) is 30.5 Å². The average Bonchev–Trinajstić information content (AvgIpc) is 3.19. The molecule has 6 heteroatoms. The van der Waals surface area contributed by atoms with Gasteiger partial charge in [0.25, 0.3) is 5.91 Å². The largest absolute Gasteiger partial charge is 0.487 e. The Morgan fingerprint density at radius 1 is 1.17 bits per heavy atom. The first kappa shape index (κ1) is 15.1. The fourth-order valence-electron chi connectivity index (χ4n) is 3.81. The van der Waals surface area contributed by atoms with Crippen molar-refractivity contribution in [3.63, 3.8) is 0 Å². The van der Waals surface area contributed by atoms with Gasteiger partial charge in [0.1, 0.15) is 6.10 Å². The van der Waals surface area contributed by atoms with Gasteiger partial charge in [0, 0.05) is 25.2 Å². The fourth-order valence-corrected chi connectivity index (χ4v) is 3.81. The number of ether oxygens (including phenoxy) is 1. The highest BCUT2D eigenvalue weighted by molar-refractivity contribution is 5.92. The maximum Gasteiger partial charge on any atom is 0.274 e. The number of amides is 1. The van der Waals surface area contributed by atoms with E-state index in [9.17, 15) is 9.18 Å². The molecule has 0 radical (unpaired) electrons. The maximum absolute atomic E-state index is 13.8. The first-order chi connectivity index (χ1) is 11.7. The summed E-state index contributed by atoms with van der Waals surface area (Å²) in [4.78, 5) is 14.3. The van der Waals surface area contributed by atoms with Crippen molar-refractivity contribution >= 4 is 5.91 Å². The number of aromatic nitrogens is 2. The lowest BCUT2D eigenvalue weighted by atomic mass is 9.99. The molecule has 0 N–H and O–H groups in total. The SMILES string of the molecule is O=C(c1cccnn1)N1C[C@@H]2CC[C@H](Oc3ccccc3F)[C@@H]2C1. The molecule has 4 rings (SSSR count). The summed E-state index contributed by atoms with van der Waals surface area (Å²) in [6.07, 6.45) is 3.39. The van der Waals surface area contributed by atoms with Gasteiger partial charge >= 0.3 is 0 Å². The molecule has 1 saturated carbocycles. The molecule has 1 saturated heterocycles. The van der Waals surface area contributed by atoms with E-state index >= 15 is 0 Å². The number of para-hydroxylation sites is 1. The van der Waals surface area contributed by atoms with Gasteiger partial charge < -0.3 is 9.64 Å². The number of hydrogen-bond donors (Lipinski definition) is 0. The first-order valence-electron chi connectivity index (χ1n) is 8.20. The first-order valence-corrected chi connectivity index (χ1v) is 8.20. The average molecular weight is 327 g/mol. The molecule has 3 atom stereocenters. The Balaban J connectivity index is 1.45. The number of halogens is 1. The number of hydrogen-bond acceptors (Lipinski definition) is 4. The highest BCUT2D eigenvalue weighted by Gasteiger charge is 2.45. The van der Waals surface area contributed by atoms with Crippen LogP contribution in [0.4, 0.5) is 4.39 Å². The Bertz CT molecular complexity index is 740. The second-order valence-electron chi connectivity index (χ2n) is 6.41. The predicted octanol–water partition coefficient (Wildman–Crippen LogP) is 2.55. The Kier molecular flexibility index (Phi) is 3.88. The number of rotatable bonds is 3. The molecule has 2 heterocycles. The van der Waals surface area contributed by atoms with Crippen molar-refractivity contribution < 1.29 is 13.9 Å². The quantitative estimate of drug-likeness (QED) is 0.869. The summed E-state index contributed by atoms with van der Waals surface area (Å²) in [5.74, 6) is 0.503. The van der Waals surface area contributed by atoms with Crippen molar-refractivity contribution in [1.29, 1.82) is 0 Å². The van der Waals surface area contributed by atoms with E-state index in [0.717, 1.165) is 12.8 Å². The molecule has 2 fully saturated rings. The third-order valence-electron chi connectivity index (χ3n) is 4.98. The van der Waals surface area contributed by atoms with E-state index in [2.05, 4.69) is 10.2 Å². The molecule has 2 aliphatic rings. The van der Waals surface area contributed by atoms with Crippen molar-refractivity contribution in [2.45, 2.75) is 18.9 Å². The minimum absolute atomic E-state index is 0.0495. The van der Waals surface area contributed by atoms with Gasteiger partial charge in [0.2, 0.25) is 0 Å². The van der Waals surface area contributed by atoms with Gasteiger partial charge in [-0.15, -0.1) is 5.10 Å². The molecule has 1 aliphatic heterocycles. The molecule has 0 bridgehead atoms. The van der Waals surface area contributed by atoms with Gasteiger partial charge in [-0.25, -0.2) is 4.39 Å². The third kappa shape index (κ3) is 2.72. The van der Waals surface area contributed by atoms with Crippen LogP contribution in [0.25, 0.3) is 0 Å². The van der Waals surface area contributed by atoms with E-state index in [1.165, 1.54) is 6.07 Å². The maximum atomic E-state index is 13.8. The number of benzene rings is 1. The highest BCUT2D eigenvalue weighted by Crippen LogP contribution is 2.40. The van der Waals surface area contributed by atoms with E-state index in [-0.39, 0.29) is 23.7 Å². The van der Waals surface area contributed by atoms with Crippen molar-refractivity contribution in [1.82, 2.24) is 15.1 Å². The van der Waals surface area contributed by atoms with E-state index in [4.69, 9.17) is 4.74 Å². The lowest BCUT2D eigenvalue weighted by Crippen LogP contribution is -2.33. The minimum Gasteiger partial charge on any atom is -0.487 e. The van der Waals surface area contributed by atoms with E-state index in [1.54, 1.807) is 36.5 Å². The Morgan fingerprint density at radius 3 is 2.83 bits per heavy atom. The molecule has 1 aromatic carbocycles. The molecule has 5 nitrogen and oxygen atoms in total. The van der Waals surface area contributed by atoms with Gasteiger partial charge in [0.15, 0.2) is 17.3 Å². The fraction of sp³-hybridized carbons (Fsp3) is 0.389. The number of carbonyl (C=O) groups excluding carboxylic acids is 1. The van der Waals surface area contributed by atoms with Crippen LogP contribution >= 0.6 is 0 Å². The van der Waals surface area contributed by atoms with Crippen LogP contribution in [-0.2, 0) is 0 Å². The summed E-state index contributed by atoms with van der Waals surface area (Å²) in [5.41, 5.74) is 0.365. The van der Waals surface area contributed by atoms with Crippen LogP contribution in [0.3, 0.4) is 0 Å². The van der Waals surface area contributed by atoms with Crippen molar-refractivity contribution in [2.24, 2.45) is 11.8 Å². The van der Waals surface area contributed by atoms with Gasteiger partial charge in [-0.2, -0.15) is 5.10 Å². The lowest BCUT2D eigenvalue weighted by molar-refractivity contribution is 0.0754. The smallest absolute Gasteiger partial charge is 0.274 e.